The van der Waals surface area contributed by atoms with E-state index in [0.717, 1.165) is 55.7 Å². The van der Waals surface area contributed by atoms with E-state index in [9.17, 15) is 9.59 Å². The van der Waals surface area contributed by atoms with Gasteiger partial charge in [-0.1, -0.05) is 12.5 Å². The van der Waals surface area contributed by atoms with Gasteiger partial charge in [0.05, 0.1) is 17.3 Å². The molecular weight excluding hydrogens is 350 g/mol. The van der Waals surface area contributed by atoms with Crippen molar-refractivity contribution in [1.82, 2.24) is 9.97 Å². The summed E-state index contributed by atoms with van der Waals surface area (Å²) in [5.41, 5.74) is 2.93. The summed E-state index contributed by atoms with van der Waals surface area (Å²) in [6, 6.07) is 9.50. The number of hydrogen-bond acceptors (Lipinski definition) is 4. The molecule has 1 aliphatic heterocycles. The van der Waals surface area contributed by atoms with Gasteiger partial charge in [-0.05, 0) is 69.7 Å². The molecule has 0 unspecified atom stereocenters. The second-order valence-corrected chi connectivity index (χ2v) is 8.40. The zero-order chi connectivity index (χ0) is 19.7. The molecule has 5 heteroatoms. The number of nitrogens with zero attached hydrogens (tertiary/aromatic N) is 3. The van der Waals surface area contributed by atoms with Crippen molar-refractivity contribution in [2.75, 3.05) is 11.4 Å². The van der Waals surface area contributed by atoms with E-state index >= 15 is 0 Å². The summed E-state index contributed by atoms with van der Waals surface area (Å²) >= 11 is 0. The molecule has 2 aliphatic rings. The topological polar surface area (TPSA) is 63.2 Å². The van der Waals surface area contributed by atoms with E-state index in [1.807, 2.05) is 43.0 Å². The standard InChI is InChI=1S/C23H27N3O2/c1-16-8-9-19(15-24-16)26-12-11-23(22(26)28)10-4-6-18(14-23)13-21(27)20-7-3-5-17(2)25-20/h3,5,7-9,15,18H,4,6,10-14H2,1-2H3/t18-,23+/m1/s1. The van der Waals surface area contributed by atoms with Crippen LogP contribution in [0, 0.1) is 25.2 Å². The highest BCUT2D eigenvalue weighted by Crippen LogP contribution is 2.48. The number of aromatic nitrogens is 2. The average molecular weight is 377 g/mol. The predicted molar refractivity (Wildman–Crippen MR) is 108 cm³/mol. The number of rotatable bonds is 4. The third-order valence-corrected chi connectivity index (χ3v) is 6.32. The molecule has 1 saturated carbocycles. The lowest BCUT2D eigenvalue weighted by Crippen LogP contribution is -2.38. The number of anilines is 1. The fourth-order valence-electron chi connectivity index (χ4n) is 4.83. The Bertz CT molecular complexity index is 893. The number of carbonyl (C=O) groups is 2. The van der Waals surface area contributed by atoms with Crippen LogP contribution in [-0.2, 0) is 4.79 Å². The van der Waals surface area contributed by atoms with Gasteiger partial charge >= 0.3 is 0 Å². The lowest BCUT2D eigenvalue weighted by molar-refractivity contribution is -0.128. The van der Waals surface area contributed by atoms with E-state index in [1.54, 1.807) is 12.3 Å². The van der Waals surface area contributed by atoms with Gasteiger partial charge in [0.1, 0.15) is 5.69 Å². The molecule has 2 aromatic heterocycles. The second-order valence-electron chi connectivity index (χ2n) is 8.40. The average Bonchev–Trinajstić information content (AvgIpc) is 2.98. The third-order valence-electron chi connectivity index (χ3n) is 6.32. The molecule has 0 bridgehead atoms. The van der Waals surface area contributed by atoms with Crippen molar-refractivity contribution >= 4 is 17.4 Å². The molecule has 1 aliphatic carbocycles. The van der Waals surface area contributed by atoms with Crippen LogP contribution in [-0.4, -0.2) is 28.2 Å². The van der Waals surface area contributed by atoms with Gasteiger partial charge in [0.2, 0.25) is 5.91 Å². The van der Waals surface area contributed by atoms with Crippen molar-refractivity contribution in [3.05, 3.63) is 53.6 Å². The van der Waals surface area contributed by atoms with E-state index in [0.29, 0.717) is 12.1 Å². The normalized spacial score (nSPS) is 24.7. The fraction of sp³-hybridized carbons (Fsp3) is 0.478. The molecule has 2 fully saturated rings. The Balaban J connectivity index is 1.46. The van der Waals surface area contributed by atoms with Gasteiger partial charge in [0.15, 0.2) is 5.78 Å². The van der Waals surface area contributed by atoms with Crippen LogP contribution in [0.5, 0.6) is 0 Å². The molecule has 4 rings (SSSR count). The van der Waals surface area contributed by atoms with E-state index in [4.69, 9.17) is 0 Å². The minimum absolute atomic E-state index is 0.0933. The Labute approximate surface area is 166 Å². The van der Waals surface area contributed by atoms with E-state index < -0.39 is 0 Å². The molecule has 2 atom stereocenters. The van der Waals surface area contributed by atoms with Crippen molar-refractivity contribution in [1.29, 1.82) is 0 Å². The van der Waals surface area contributed by atoms with E-state index in [-0.39, 0.29) is 23.0 Å². The van der Waals surface area contributed by atoms with Crippen molar-refractivity contribution in [3.8, 4) is 0 Å². The maximum atomic E-state index is 13.3. The van der Waals surface area contributed by atoms with Crippen LogP contribution in [0.15, 0.2) is 36.5 Å². The summed E-state index contributed by atoms with van der Waals surface area (Å²) in [6.45, 7) is 4.59. The van der Waals surface area contributed by atoms with Crippen LogP contribution in [0.25, 0.3) is 0 Å². The van der Waals surface area contributed by atoms with Gasteiger partial charge < -0.3 is 4.90 Å². The lowest BCUT2D eigenvalue weighted by Gasteiger charge is -2.36. The minimum Gasteiger partial charge on any atom is -0.310 e. The maximum Gasteiger partial charge on any atom is 0.233 e. The Morgan fingerprint density at radius 1 is 1.18 bits per heavy atom. The summed E-state index contributed by atoms with van der Waals surface area (Å²) < 4.78 is 0. The Kier molecular flexibility index (Phi) is 5.00. The smallest absolute Gasteiger partial charge is 0.233 e. The summed E-state index contributed by atoms with van der Waals surface area (Å²) in [7, 11) is 0. The van der Waals surface area contributed by atoms with E-state index in [2.05, 4.69) is 9.97 Å². The number of carbonyl (C=O) groups excluding carboxylic acids is 2. The molecule has 28 heavy (non-hydrogen) atoms. The van der Waals surface area contributed by atoms with Crippen molar-refractivity contribution in [2.24, 2.45) is 11.3 Å². The predicted octanol–water partition coefficient (Wildman–Crippen LogP) is 4.28. The molecule has 0 aromatic carbocycles. The highest BCUT2D eigenvalue weighted by Gasteiger charge is 2.49. The third kappa shape index (κ3) is 3.58. The van der Waals surface area contributed by atoms with Crippen LogP contribution < -0.4 is 4.90 Å². The molecule has 1 amide bonds. The molecular formula is C23H27N3O2. The molecule has 146 valence electrons. The van der Waals surface area contributed by atoms with Gasteiger partial charge in [-0.15, -0.1) is 0 Å². The first-order valence-electron chi connectivity index (χ1n) is 10.2. The first kappa shape index (κ1) is 18.8. The van der Waals surface area contributed by atoms with Gasteiger partial charge in [-0.25, -0.2) is 0 Å². The quantitative estimate of drug-likeness (QED) is 0.746. The van der Waals surface area contributed by atoms with Gasteiger partial charge in [0, 0.05) is 24.4 Å². The minimum atomic E-state index is -0.311. The lowest BCUT2D eigenvalue weighted by atomic mass is 9.67. The van der Waals surface area contributed by atoms with Crippen molar-refractivity contribution < 1.29 is 9.59 Å². The van der Waals surface area contributed by atoms with Gasteiger partial charge in [-0.3, -0.25) is 19.6 Å². The Morgan fingerprint density at radius 3 is 2.79 bits per heavy atom. The Morgan fingerprint density at radius 2 is 2.04 bits per heavy atom. The highest BCUT2D eigenvalue weighted by atomic mass is 16.2. The zero-order valence-electron chi connectivity index (χ0n) is 16.6. The fourth-order valence-corrected chi connectivity index (χ4v) is 4.83. The molecule has 1 saturated heterocycles. The van der Waals surface area contributed by atoms with Gasteiger partial charge in [0.25, 0.3) is 0 Å². The molecule has 1 spiro atoms. The highest BCUT2D eigenvalue weighted by molar-refractivity contribution is 6.00. The second kappa shape index (κ2) is 7.46. The number of aryl methyl sites for hydroxylation is 2. The number of amides is 1. The number of hydrogen-bond donors (Lipinski definition) is 0. The van der Waals surface area contributed by atoms with Crippen molar-refractivity contribution in [3.63, 3.8) is 0 Å². The summed E-state index contributed by atoms with van der Waals surface area (Å²) in [6.07, 6.45) is 6.89. The van der Waals surface area contributed by atoms with E-state index in [1.165, 1.54) is 0 Å². The summed E-state index contributed by atoms with van der Waals surface area (Å²) in [5.74, 6) is 0.559. The summed E-state index contributed by atoms with van der Waals surface area (Å²) in [5, 5.41) is 0. The van der Waals surface area contributed by atoms with Gasteiger partial charge in [-0.2, -0.15) is 0 Å². The van der Waals surface area contributed by atoms with Crippen LogP contribution in [0.1, 0.15) is 60.4 Å². The molecule has 0 N–H and O–H groups in total. The molecule has 5 nitrogen and oxygen atoms in total. The maximum absolute atomic E-state index is 13.3. The van der Waals surface area contributed by atoms with Crippen molar-refractivity contribution in [2.45, 2.75) is 52.4 Å². The number of pyridine rings is 2. The number of Topliss-reactive ketones (excluding diaryl/α,β-unsaturated/α-hetero) is 1. The monoisotopic (exact) mass is 377 g/mol. The summed E-state index contributed by atoms with van der Waals surface area (Å²) in [4.78, 5) is 36.6. The first-order valence-corrected chi connectivity index (χ1v) is 10.2. The zero-order valence-corrected chi connectivity index (χ0v) is 16.6. The molecule has 2 aromatic rings. The SMILES string of the molecule is Cc1ccc(N2CC[C@]3(CCC[C@H](CC(=O)c4cccc(C)n4)C3)C2=O)cn1. The molecule has 3 heterocycles. The van der Waals surface area contributed by atoms with Crippen LogP contribution in [0.3, 0.4) is 0 Å². The Hall–Kier alpha value is -2.56. The van der Waals surface area contributed by atoms with Crippen LogP contribution in [0.4, 0.5) is 5.69 Å². The molecule has 0 radical (unpaired) electrons. The number of ketones is 1. The largest absolute Gasteiger partial charge is 0.310 e. The van der Waals surface area contributed by atoms with Crippen LogP contribution in [0.2, 0.25) is 0 Å². The first-order chi connectivity index (χ1) is 13.5. The van der Waals surface area contributed by atoms with Crippen LogP contribution >= 0.6 is 0 Å².